The number of nitrogens with one attached hydrogen (secondary N) is 1. The van der Waals surface area contributed by atoms with Crippen LogP contribution in [0.3, 0.4) is 0 Å². The molecule has 0 aromatic rings. The molecule has 0 radical (unpaired) electrons. The van der Waals surface area contributed by atoms with Crippen molar-refractivity contribution in [1.29, 1.82) is 0 Å². The number of esters is 1. The Bertz CT molecular complexity index is 305. The first-order valence-electron chi connectivity index (χ1n) is 7.03. The minimum absolute atomic E-state index is 0.240. The molecule has 0 aromatic carbocycles. The van der Waals surface area contributed by atoms with Gasteiger partial charge in [-0.05, 0) is 13.0 Å². The van der Waals surface area contributed by atoms with Gasteiger partial charge in [0.15, 0.2) is 0 Å². The summed E-state index contributed by atoms with van der Waals surface area (Å²) in [5.41, 5.74) is 0.717. The highest BCUT2D eigenvalue weighted by Gasteiger charge is 2.18. The van der Waals surface area contributed by atoms with E-state index in [1.165, 1.54) is 7.11 Å². The molecule has 1 aliphatic rings. The lowest BCUT2D eigenvalue weighted by atomic mass is 10.2. The Morgan fingerprint density at radius 2 is 2.32 bits per heavy atom. The average Bonchev–Trinajstić information content (AvgIpc) is 2.47. The number of hydrogen-bond acceptors (Lipinski definition) is 5. The summed E-state index contributed by atoms with van der Waals surface area (Å²) < 4.78 is 10.4. The van der Waals surface area contributed by atoms with Crippen molar-refractivity contribution in [2.75, 3.05) is 46.4 Å². The van der Waals surface area contributed by atoms with Gasteiger partial charge < -0.3 is 14.8 Å². The molecule has 1 aliphatic heterocycles. The Morgan fingerprint density at radius 3 is 2.95 bits per heavy atom. The predicted molar refractivity (Wildman–Crippen MR) is 75.1 cm³/mol. The van der Waals surface area contributed by atoms with E-state index in [0.717, 1.165) is 38.4 Å². The summed E-state index contributed by atoms with van der Waals surface area (Å²) in [6.45, 7) is 9.48. The number of likely N-dealkylation sites (N-methyl/N-ethyl adjacent to an activating group) is 1. The quantitative estimate of drug-likeness (QED) is 0.421. The van der Waals surface area contributed by atoms with Gasteiger partial charge in [0.05, 0.1) is 19.8 Å². The number of carbonyl (C=O) groups excluding carboxylic acids is 1. The number of nitrogens with zero attached hydrogens (tertiary/aromatic N) is 1. The lowest BCUT2D eigenvalue weighted by Gasteiger charge is -2.32. The summed E-state index contributed by atoms with van der Waals surface area (Å²) in [5.74, 6) is -0.240. The third-order valence-corrected chi connectivity index (χ3v) is 3.36. The van der Waals surface area contributed by atoms with Crippen molar-refractivity contribution in [3.63, 3.8) is 0 Å². The molecule has 0 spiro atoms. The zero-order valence-corrected chi connectivity index (χ0v) is 12.3. The molecule has 0 saturated carbocycles. The molecule has 0 amide bonds. The van der Waals surface area contributed by atoms with Crippen molar-refractivity contribution in [3.8, 4) is 0 Å². The highest BCUT2D eigenvalue weighted by atomic mass is 16.5. The first-order valence-corrected chi connectivity index (χ1v) is 7.03. The van der Waals surface area contributed by atoms with Crippen LogP contribution in [0.15, 0.2) is 11.6 Å². The van der Waals surface area contributed by atoms with Crippen LogP contribution >= 0.6 is 0 Å². The van der Waals surface area contributed by atoms with Gasteiger partial charge >= 0.3 is 5.97 Å². The van der Waals surface area contributed by atoms with Crippen LogP contribution in [0, 0.1) is 0 Å². The summed E-state index contributed by atoms with van der Waals surface area (Å²) in [6.07, 6.45) is 2.83. The van der Waals surface area contributed by atoms with Crippen molar-refractivity contribution in [2.24, 2.45) is 0 Å². The Balaban J connectivity index is 2.26. The Kier molecular flexibility index (Phi) is 7.70. The number of methoxy groups -OCH3 is 1. The van der Waals surface area contributed by atoms with Crippen LogP contribution in [-0.2, 0) is 14.3 Å². The van der Waals surface area contributed by atoms with Crippen molar-refractivity contribution in [3.05, 3.63) is 11.6 Å². The van der Waals surface area contributed by atoms with Gasteiger partial charge in [-0.3, -0.25) is 4.90 Å². The lowest BCUT2D eigenvalue weighted by Crippen LogP contribution is -2.46. The highest BCUT2D eigenvalue weighted by molar-refractivity contribution is 5.88. The van der Waals surface area contributed by atoms with E-state index in [2.05, 4.69) is 17.1 Å². The van der Waals surface area contributed by atoms with Crippen LogP contribution in [-0.4, -0.2) is 63.4 Å². The predicted octanol–water partition coefficient (Wildman–Crippen LogP) is 0.806. The molecule has 5 nitrogen and oxygen atoms in total. The van der Waals surface area contributed by atoms with Crippen molar-refractivity contribution >= 4 is 5.97 Å². The first kappa shape index (κ1) is 16.1. The van der Waals surface area contributed by atoms with E-state index in [4.69, 9.17) is 9.47 Å². The number of carbonyl (C=O) groups is 1. The van der Waals surface area contributed by atoms with Gasteiger partial charge in [-0.2, -0.15) is 0 Å². The Morgan fingerprint density at radius 1 is 1.53 bits per heavy atom. The van der Waals surface area contributed by atoms with E-state index in [0.29, 0.717) is 13.0 Å². The normalized spacial score (nSPS) is 21.4. The minimum atomic E-state index is -0.240. The van der Waals surface area contributed by atoms with E-state index in [1.54, 1.807) is 0 Å². The fourth-order valence-corrected chi connectivity index (χ4v) is 2.13. The summed E-state index contributed by atoms with van der Waals surface area (Å²) >= 11 is 0. The van der Waals surface area contributed by atoms with E-state index in [-0.39, 0.29) is 12.1 Å². The molecule has 0 aliphatic carbocycles. The largest absolute Gasteiger partial charge is 0.466 e. The van der Waals surface area contributed by atoms with Crippen LogP contribution in [0.2, 0.25) is 0 Å². The zero-order valence-electron chi connectivity index (χ0n) is 12.3. The number of rotatable bonds is 7. The molecular weight excluding hydrogens is 244 g/mol. The van der Waals surface area contributed by atoms with Crippen LogP contribution in [0.25, 0.3) is 0 Å². The molecule has 1 atom stereocenters. The minimum Gasteiger partial charge on any atom is -0.466 e. The smallest absolute Gasteiger partial charge is 0.333 e. The number of hydrogen-bond donors (Lipinski definition) is 1. The van der Waals surface area contributed by atoms with Gasteiger partial charge in [-0.1, -0.05) is 19.9 Å². The number of ether oxygens (including phenoxy) is 2. The molecule has 1 N–H and O–H groups in total. The van der Waals surface area contributed by atoms with Crippen LogP contribution in [0.1, 0.15) is 20.3 Å². The summed E-state index contributed by atoms with van der Waals surface area (Å²) in [7, 11) is 1.41. The fourth-order valence-electron chi connectivity index (χ4n) is 2.13. The van der Waals surface area contributed by atoms with Crippen molar-refractivity contribution < 1.29 is 14.3 Å². The fraction of sp³-hybridized carbons (Fsp3) is 0.786. The second kappa shape index (κ2) is 9.07. The van der Waals surface area contributed by atoms with Crippen LogP contribution < -0.4 is 5.32 Å². The van der Waals surface area contributed by atoms with E-state index in [9.17, 15) is 4.79 Å². The average molecular weight is 270 g/mol. The van der Waals surface area contributed by atoms with Gasteiger partial charge in [0.25, 0.3) is 0 Å². The van der Waals surface area contributed by atoms with Gasteiger partial charge in [0.1, 0.15) is 0 Å². The molecule has 1 rings (SSSR count). The second-order valence-electron chi connectivity index (χ2n) is 4.62. The molecule has 5 heteroatoms. The molecule has 1 saturated heterocycles. The maximum absolute atomic E-state index is 11.4. The Labute approximate surface area is 115 Å². The maximum Gasteiger partial charge on any atom is 0.333 e. The topological polar surface area (TPSA) is 50.8 Å². The standard InChI is InChI=1S/C14H26N2O3/c1-4-12(14(17)18-3)6-7-15-10-13-11-16(5-2)8-9-19-13/h6,13,15H,4-5,7-11H2,1-3H3/b12-6-. The zero-order chi connectivity index (χ0) is 14.1. The number of morpholine rings is 1. The van der Waals surface area contributed by atoms with Gasteiger partial charge in [0, 0.05) is 31.8 Å². The first-order chi connectivity index (χ1) is 9.21. The molecule has 110 valence electrons. The maximum atomic E-state index is 11.4. The molecule has 0 aromatic heterocycles. The van der Waals surface area contributed by atoms with Crippen LogP contribution in [0.4, 0.5) is 0 Å². The van der Waals surface area contributed by atoms with Gasteiger partial charge in [0.2, 0.25) is 0 Å². The van der Waals surface area contributed by atoms with Crippen molar-refractivity contribution in [2.45, 2.75) is 26.4 Å². The summed E-state index contributed by atoms with van der Waals surface area (Å²) in [6, 6.07) is 0. The van der Waals surface area contributed by atoms with Crippen molar-refractivity contribution in [1.82, 2.24) is 10.2 Å². The monoisotopic (exact) mass is 270 g/mol. The molecule has 1 fully saturated rings. The Hall–Kier alpha value is -0.910. The summed E-state index contributed by atoms with van der Waals surface area (Å²) in [5, 5.41) is 3.31. The van der Waals surface area contributed by atoms with Gasteiger partial charge in [-0.15, -0.1) is 0 Å². The molecular formula is C14H26N2O3. The molecule has 0 bridgehead atoms. The highest BCUT2D eigenvalue weighted by Crippen LogP contribution is 2.04. The van der Waals surface area contributed by atoms with E-state index >= 15 is 0 Å². The second-order valence-corrected chi connectivity index (χ2v) is 4.62. The lowest BCUT2D eigenvalue weighted by molar-refractivity contribution is -0.136. The van der Waals surface area contributed by atoms with Gasteiger partial charge in [-0.25, -0.2) is 4.79 Å². The van der Waals surface area contributed by atoms with Crippen LogP contribution in [0.5, 0.6) is 0 Å². The SMILES string of the molecule is CC/C(=C/CNCC1CN(CC)CCO1)C(=O)OC. The molecule has 19 heavy (non-hydrogen) atoms. The van der Waals surface area contributed by atoms with E-state index in [1.807, 2.05) is 13.0 Å². The molecule has 1 heterocycles. The summed E-state index contributed by atoms with van der Waals surface area (Å²) in [4.78, 5) is 13.8. The molecule has 1 unspecified atom stereocenters. The van der Waals surface area contributed by atoms with E-state index < -0.39 is 0 Å². The third kappa shape index (κ3) is 5.72. The third-order valence-electron chi connectivity index (χ3n) is 3.36.